The first-order valence-corrected chi connectivity index (χ1v) is 7.18. The fourth-order valence-electron chi connectivity index (χ4n) is 2.54. The van der Waals surface area contributed by atoms with Crippen LogP contribution in [0.4, 0.5) is 0 Å². The maximum Gasteiger partial charge on any atom is 0.263 e. The number of pyridine rings is 1. The van der Waals surface area contributed by atoms with Gasteiger partial charge in [0.05, 0.1) is 18.8 Å². The van der Waals surface area contributed by atoms with E-state index in [1.807, 2.05) is 13.8 Å². The quantitative estimate of drug-likeness (QED) is 0.845. The highest BCUT2D eigenvalue weighted by Crippen LogP contribution is 2.12. The molecule has 1 aliphatic heterocycles. The van der Waals surface area contributed by atoms with Gasteiger partial charge in [-0.2, -0.15) is 0 Å². The van der Waals surface area contributed by atoms with Crippen molar-refractivity contribution in [1.29, 1.82) is 0 Å². The second-order valence-corrected chi connectivity index (χ2v) is 5.70. The number of aliphatic hydroxyl groups excluding tert-OH is 1. The lowest BCUT2D eigenvalue weighted by Crippen LogP contribution is -2.49. The summed E-state index contributed by atoms with van der Waals surface area (Å²) < 4.78 is 6.62. The van der Waals surface area contributed by atoms with Crippen molar-refractivity contribution in [2.45, 2.75) is 38.3 Å². The molecule has 1 amide bonds. The molecule has 0 radical (unpaired) electrons. The summed E-state index contributed by atoms with van der Waals surface area (Å²) in [5, 5.41) is 12.5. The molecule has 2 heterocycles. The molecule has 0 saturated carbocycles. The SMILES string of the molecule is CC(C)c1ccc(C(=O)N[C@@H]2CCOC[C@H]2O)c(=O)n1C. The van der Waals surface area contributed by atoms with Crippen molar-refractivity contribution in [2.75, 3.05) is 13.2 Å². The summed E-state index contributed by atoms with van der Waals surface area (Å²) in [5.41, 5.74) is 0.656. The van der Waals surface area contributed by atoms with Gasteiger partial charge in [-0.15, -0.1) is 0 Å². The Hall–Kier alpha value is -1.66. The summed E-state index contributed by atoms with van der Waals surface area (Å²) in [4.78, 5) is 24.5. The van der Waals surface area contributed by atoms with Gasteiger partial charge in [0.2, 0.25) is 0 Å². The molecule has 2 N–H and O–H groups in total. The number of hydrogen-bond donors (Lipinski definition) is 2. The van der Waals surface area contributed by atoms with Crippen LogP contribution in [0.2, 0.25) is 0 Å². The van der Waals surface area contributed by atoms with Gasteiger partial charge in [-0.25, -0.2) is 0 Å². The van der Waals surface area contributed by atoms with Crippen molar-refractivity contribution in [2.24, 2.45) is 7.05 Å². The molecule has 0 aliphatic carbocycles. The van der Waals surface area contributed by atoms with Crippen molar-refractivity contribution in [3.63, 3.8) is 0 Å². The van der Waals surface area contributed by atoms with E-state index in [4.69, 9.17) is 4.74 Å². The lowest BCUT2D eigenvalue weighted by molar-refractivity contribution is -0.0261. The Kier molecular flexibility index (Phi) is 4.80. The van der Waals surface area contributed by atoms with E-state index in [0.717, 1.165) is 5.69 Å². The van der Waals surface area contributed by atoms with Crippen LogP contribution in [0.25, 0.3) is 0 Å². The van der Waals surface area contributed by atoms with E-state index < -0.39 is 12.0 Å². The molecule has 0 spiro atoms. The largest absolute Gasteiger partial charge is 0.389 e. The number of carbonyl (C=O) groups excluding carboxylic acids is 1. The monoisotopic (exact) mass is 294 g/mol. The lowest BCUT2D eigenvalue weighted by Gasteiger charge is -2.28. The first kappa shape index (κ1) is 15.7. The number of ether oxygens (including phenoxy) is 1. The summed E-state index contributed by atoms with van der Waals surface area (Å²) in [6.07, 6.45) is -0.196. The molecule has 1 fully saturated rings. The van der Waals surface area contributed by atoms with Crippen LogP contribution >= 0.6 is 0 Å². The number of carbonyl (C=O) groups is 1. The normalized spacial score (nSPS) is 22.3. The van der Waals surface area contributed by atoms with Crippen molar-refractivity contribution in [1.82, 2.24) is 9.88 Å². The summed E-state index contributed by atoms with van der Waals surface area (Å²) in [6.45, 7) is 4.68. The minimum atomic E-state index is -0.735. The summed E-state index contributed by atoms with van der Waals surface area (Å²) in [6, 6.07) is 2.97. The summed E-state index contributed by atoms with van der Waals surface area (Å²) in [5.74, 6) is -0.242. The number of amides is 1. The highest BCUT2D eigenvalue weighted by atomic mass is 16.5. The first-order chi connectivity index (χ1) is 9.91. The molecule has 116 valence electrons. The lowest BCUT2D eigenvalue weighted by atomic mass is 10.0. The van der Waals surface area contributed by atoms with Crippen LogP contribution in [-0.2, 0) is 11.8 Å². The Balaban J connectivity index is 2.20. The number of nitrogens with one attached hydrogen (secondary N) is 1. The van der Waals surface area contributed by atoms with Gasteiger partial charge in [0.1, 0.15) is 5.56 Å². The molecule has 0 aromatic carbocycles. The summed E-state index contributed by atoms with van der Waals surface area (Å²) >= 11 is 0. The Morgan fingerprint density at radius 1 is 1.48 bits per heavy atom. The van der Waals surface area contributed by atoms with Gasteiger partial charge in [0.25, 0.3) is 11.5 Å². The van der Waals surface area contributed by atoms with Gasteiger partial charge in [0.15, 0.2) is 0 Å². The maximum absolute atomic E-state index is 12.3. The van der Waals surface area contributed by atoms with E-state index in [1.165, 1.54) is 4.57 Å². The average molecular weight is 294 g/mol. The van der Waals surface area contributed by atoms with Crippen molar-refractivity contribution in [3.05, 3.63) is 33.7 Å². The second kappa shape index (κ2) is 6.41. The zero-order valence-corrected chi connectivity index (χ0v) is 12.6. The minimum Gasteiger partial charge on any atom is -0.389 e. The third kappa shape index (κ3) is 3.33. The highest BCUT2D eigenvalue weighted by molar-refractivity contribution is 5.94. The van der Waals surface area contributed by atoms with Crippen LogP contribution < -0.4 is 10.9 Å². The van der Waals surface area contributed by atoms with Crippen LogP contribution in [0.3, 0.4) is 0 Å². The zero-order valence-electron chi connectivity index (χ0n) is 12.6. The first-order valence-electron chi connectivity index (χ1n) is 7.18. The third-order valence-corrected chi connectivity index (χ3v) is 3.82. The number of rotatable bonds is 3. The van der Waals surface area contributed by atoms with Crippen molar-refractivity contribution >= 4 is 5.91 Å². The molecule has 21 heavy (non-hydrogen) atoms. The van der Waals surface area contributed by atoms with Crippen LogP contribution in [-0.4, -0.2) is 40.9 Å². The van der Waals surface area contributed by atoms with Crippen LogP contribution in [0.5, 0.6) is 0 Å². The fraction of sp³-hybridized carbons (Fsp3) is 0.600. The van der Waals surface area contributed by atoms with E-state index in [1.54, 1.807) is 19.2 Å². The predicted molar refractivity (Wildman–Crippen MR) is 78.5 cm³/mol. The maximum atomic E-state index is 12.3. The van der Waals surface area contributed by atoms with Crippen molar-refractivity contribution in [3.8, 4) is 0 Å². The van der Waals surface area contributed by atoms with E-state index in [-0.39, 0.29) is 29.7 Å². The van der Waals surface area contributed by atoms with Gasteiger partial charge in [-0.3, -0.25) is 9.59 Å². The molecule has 1 aliphatic rings. The van der Waals surface area contributed by atoms with Gasteiger partial charge in [0, 0.05) is 19.3 Å². The number of aromatic nitrogens is 1. The van der Waals surface area contributed by atoms with Gasteiger partial charge < -0.3 is 19.7 Å². The standard InChI is InChI=1S/C15H22N2O4/c1-9(2)12-5-4-10(15(20)17(12)3)14(19)16-11-6-7-21-8-13(11)18/h4-5,9,11,13,18H,6-8H2,1-3H3,(H,16,19)/t11-,13-/m1/s1. The molecule has 2 rings (SSSR count). The molecule has 0 unspecified atom stereocenters. The van der Waals surface area contributed by atoms with Crippen molar-refractivity contribution < 1.29 is 14.6 Å². The molecular formula is C15H22N2O4. The molecule has 1 aromatic heterocycles. The van der Waals surface area contributed by atoms with Crippen LogP contribution in [0, 0.1) is 0 Å². The van der Waals surface area contributed by atoms with Crippen LogP contribution in [0.15, 0.2) is 16.9 Å². The molecule has 6 heteroatoms. The Morgan fingerprint density at radius 3 is 2.81 bits per heavy atom. The zero-order chi connectivity index (χ0) is 15.6. The smallest absolute Gasteiger partial charge is 0.263 e. The average Bonchev–Trinajstić information content (AvgIpc) is 2.43. The topological polar surface area (TPSA) is 80.6 Å². The Bertz CT molecular complexity index is 580. The third-order valence-electron chi connectivity index (χ3n) is 3.82. The molecule has 1 aromatic rings. The predicted octanol–water partition coefficient (Wildman–Crippen LogP) is 0.388. The minimum absolute atomic E-state index is 0.0978. The van der Waals surface area contributed by atoms with Gasteiger partial charge >= 0.3 is 0 Å². The fourth-order valence-corrected chi connectivity index (χ4v) is 2.54. The number of aliphatic hydroxyl groups is 1. The molecule has 0 bridgehead atoms. The molecular weight excluding hydrogens is 272 g/mol. The second-order valence-electron chi connectivity index (χ2n) is 5.70. The van der Waals surface area contributed by atoms with Gasteiger partial charge in [-0.05, 0) is 24.5 Å². The number of nitrogens with zero attached hydrogens (tertiary/aromatic N) is 1. The summed E-state index contributed by atoms with van der Waals surface area (Å²) in [7, 11) is 1.66. The molecule has 1 saturated heterocycles. The Labute approximate surface area is 123 Å². The van der Waals surface area contributed by atoms with E-state index in [2.05, 4.69) is 5.32 Å². The van der Waals surface area contributed by atoms with Crippen LogP contribution in [0.1, 0.15) is 42.2 Å². The molecule has 2 atom stereocenters. The van der Waals surface area contributed by atoms with E-state index >= 15 is 0 Å². The highest BCUT2D eigenvalue weighted by Gasteiger charge is 2.26. The Morgan fingerprint density at radius 2 is 2.19 bits per heavy atom. The molecule has 6 nitrogen and oxygen atoms in total. The van der Waals surface area contributed by atoms with E-state index in [0.29, 0.717) is 13.0 Å². The van der Waals surface area contributed by atoms with Gasteiger partial charge in [-0.1, -0.05) is 13.8 Å². The van der Waals surface area contributed by atoms with E-state index in [9.17, 15) is 14.7 Å². The number of hydrogen-bond acceptors (Lipinski definition) is 4.